The summed E-state index contributed by atoms with van der Waals surface area (Å²) in [6.07, 6.45) is -0.348. The Morgan fingerprint density at radius 1 is 1.20 bits per heavy atom. The van der Waals surface area contributed by atoms with Gasteiger partial charge in [-0.1, -0.05) is 12.1 Å². The lowest BCUT2D eigenvalue weighted by atomic mass is 10.2. The Morgan fingerprint density at radius 3 is 2.65 bits per heavy atom. The zero-order chi connectivity index (χ0) is 14.4. The van der Waals surface area contributed by atoms with Crippen LogP contribution in [-0.2, 0) is 9.59 Å². The fourth-order valence-electron chi connectivity index (χ4n) is 1.70. The molecule has 3 N–H and O–H groups in total. The van der Waals surface area contributed by atoms with E-state index in [1.165, 1.54) is 0 Å². The highest BCUT2D eigenvalue weighted by molar-refractivity contribution is 6.35. The van der Waals surface area contributed by atoms with Gasteiger partial charge in [0.15, 0.2) is 11.5 Å². The highest BCUT2D eigenvalue weighted by Crippen LogP contribution is 2.30. The molecule has 1 aromatic carbocycles. The summed E-state index contributed by atoms with van der Waals surface area (Å²) < 4.78 is 11.1. The van der Waals surface area contributed by atoms with Crippen LogP contribution in [0.5, 0.6) is 11.5 Å². The van der Waals surface area contributed by atoms with Crippen LogP contribution in [0.3, 0.4) is 0 Å². The van der Waals surface area contributed by atoms with E-state index in [1.54, 1.807) is 12.1 Å². The maximum Gasteiger partial charge on any atom is 0.309 e. The Balaban J connectivity index is 1.78. The second-order valence-corrected chi connectivity index (χ2v) is 4.19. The number of nitrogens with one attached hydrogen (secondary N) is 2. The van der Waals surface area contributed by atoms with Crippen LogP contribution >= 0.6 is 0 Å². The maximum absolute atomic E-state index is 11.4. The molecule has 108 valence electrons. The van der Waals surface area contributed by atoms with Crippen molar-refractivity contribution >= 4 is 11.8 Å². The fourth-order valence-corrected chi connectivity index (χ4v) is 1.70. The highest BCUT2D eigenvalue weighted by atomic mass is 16.6. The second kappa shape index (κ2) is 6.76. The normalized spacial score (nSPS) is 16.4. The molecule has 2 amide bonds. The minimum Gasteiger partial charge on any atom is -0.486 e. The molecule has 20 heavy (non-hydrogen) atoms. The van der Waals surface area contributed by atoms with Crippen molar-refractivity contribution in [3.63, 3.8) is 0 Å². The van der Waals surface area contributed by atoms with Gasteiger partial charge in [0.05, 0.1) is 13.2 Å². The first-order chi connectivity index (χ1) is 9.70. The number of fused-ring (bicyclic) bond motifs is 1. The number of carbonyl (C=O) groups excluding carboxylic acids is 2. The van der Waals surface area contributed by atoms with Crippen molar-refractivity contribution in [3.8, 4) is 11.5 Å². The van der Waals surface area contributed by atoms with Gasteiger partial charge in [-0.3, -0.25) is 9.59 Å². The molecule has 7 heteroatoms. The first kappa shape index (κ1) is 14.1. The van der Waals surface area contributed by atoms with Gasteiger partial charge in [0.2, 0.25) is 0 Å². The Kier molecular flexibility index (Phi) is 4.78. The summed E-state index contributed by atoms with van der Waals surface area (Å²) in [7, 11) is 0. The van der Waals surface area contributed by atoms with Crippen LogP contribution in [0.25, 0.3) is 0 Å². The number of hydrogen-bond donors (Lipinski definition) is 3. The molecule has 0 aromatic heterocycles. The summed E-state index contributed by atoms with van der Waals surface area (Å²) in [4.78, 5) is 22.7. The third kappa shape index (κ3) is 3.61. The number of aliphatic hydroxyl groups excluding tert-OH is 1. The quantitative estimate of drug-likeness (QED) is 0.618. The van der Waals surface area contributed by atoms with Crippen LogP contribution in [-0.4, -0.2) is 49.3 Å². The predicted molar refractivity (Wildman–Crippen MR) is 69.5 cm³/mol. The average Bonchev–Trinajstić information content (AvgIpc) is 2.50. The summed E-state index contributed by atoms with van der Waals surface area (Å²) in [5, 5.41) is 13.3. The lowest BCUT2D eigenvalue weighted by Crippen LogP contribution is -2.46. The Morgan fingerprint density at radius 2 is 1.90 bits per heavy atom. The van der Waals surface area contributed by atoms with E-state index < -0.39 is 11.8 Å². The zero-order valence-corrected chi connectivity index (χ0v) is 10.8. The molecule has 0 aliphatic carbocycles. The molecule has 1 aliphatic heterocycles. The molecule has 1 heterocycles. The van der Waals surface area contributed by atoms with Crippen LogP contribution in [0.2, 0.25) is 0 Å². The van der Waals surface area contributed by atoms with Crippen LogP contribution < -0.4 is 20.1 Å². The van der Waals surface area contributed by atoms with Crippen molar-refractivity contribution in [2.24, 2.45) is 0 Å². The second-order valence-electron chi connectivity index (χ2n) is 4.19. The van der Waals surface area contributed by atoms with E-state index in [2.05, 4.69) is 10.6 Å². The molecule has 0 saturated carbocycles. The van der Waals surface area contributed by atoms with Gasteiger partial charge in [-0.15, -0.1) is 0 Å². The van der Waals surface area contributed by atoms with Crippen molar-refractivity contribution in [2.45, 2.75) is 6.10 Å². The Hall–Kier alpha value is -2.28. The molecule has 7 nitrogen and oxygen atoms in total. The average molecular weight is 280 g/mol. The number of para-hydroxylation sites is 2. The van der Waals surface area contributed by atoms with E-state index in [4.69, 9.17) is 14.6 Å². The van der Waals surface area contributed by atoms with E-state index >= 15 is 0 Å². The van der Waals surface area contributed by atoms with E-state index in [1.807, 2.05) is 12.1 Å². The highest BCUT2D eigenvalue weighted by Gasteiger charge is 2.22. The molecule has 1 aromatic rings. The minimum atomic E-state index is -0.781. The molecule has 0 radical (unpaired) electrons. The van der Waals surface area contributed by atoms with Crippen LogP contribution in [0.4, 0.5) is 0 Å². The molecule has 1 atom stereocenters. The Labute approximate surface area is 115 Å². The van der Waals surface area contributed by atoms with Crippen molar-refractivity contribution in [3.05, 3.63) is 24.3 Å². The van der Waals surface area contributed by atoms with Crippen molar-refractivity contribution in [1.29, 1.82) is 0 Å². The fraction of sp³-hybridized carbons (Fsp3) is 0.385. The standard InChI is InChI=1S/C13H16N2O5/c16-6-5-14-12(17)13(18)15-7-9-8-19-10-3-1-2-4-11(10)20-9/h1-4,9,16H,5-8H2,(H,14,17)(H,15,18)/t9-/m0/s1. The van der Waals surface area contributed by atoms with Gasteiger partial charge in [-0.2, -0.15) is 0 Å². The zero-order valence-electron chi connectivity index (χ0n) is 10.8. The summed E-state index contributed by atoms with van der Waals surface area (Å²) in [5.41, 5.74) is 0. The molecule has 0 bridgehead atoms. The SMILES string of the molecule is O=C(NCCO)C(=O)NC[C@H]1COc2ccccc2O1. The first-order valence-electron chi connectivity index (χ1n) is 6.26. The van der Waals surface area contributed by atoms with E-state index in [9.17, 15) is 9.59 Å². The number of aliphatic hydroxyl groups is 1. The van der Waals surface area contributed by atoms with Crippen molar-refractivity contribution in [1.82, 2.24) is 10.6 Å². The molecule has 0 fully saturated rings. The minimum absolute atomic E-state index is 0.0443. The van der Waals surface area contributed by atoms with Gasteiger partial charge < -0.3 is 25.2 Å². The molecule has 0 unspecified atom stereocenters. The van der Waals surface area contributed by atoms with Crippen molar-refractivity contribution < 1.29 is 24.2 Å². The van der Waals surface area contributed by atoms with Crippen LogP contribution in [0.1, 0.15) is 0 Å². The van der Waals surface area contributed by atoms with Crippen LogP contribution in [0, 0.1) is 0 Å². The third-order valence-electron chi connectivity index (χ3n) is 2.66. The molecule has 0 saturated heterocycles. The number of amides is 2. The predicted octanol–water partition coefficient (Wildman–Crippen LogP) is -0.949. The monoisotopic (exact) mass is 280 g/mol. The van der Waals surface area contributed by atoms with Crippen molar-refractivity contribution in [2.75, 3.05) is 26.3 Å². The molecular weight excluding hydrogens is 264 g/mol. The molecular formula is C13H16N2O5. The first-order valence-corrected chi connectivity index (χ1v) is 6.26. The number of carbonyl (C=O) groups is 2. The van der Waals surface area contributed by atoms with E-state index in [0.717, 1.165) is 0 Å². The number of hydrogen-bond acceptors (Lipinski definition) is 5. The number of ether oxygens (including phenoxy) is 2. The number of benzene rings is 1. The summed E-state index contributed by atoms with van der Waals surface area (Å²) in [6, 6.07) is 7.24. The summed E-state index contributed by atoms with van der Waals surface area (Å²) in [6.45, 7) is 0.299. The summed E-state index contributed by atoms with van der Waals surface area (Å²) in [5.74, 6) is -0.268. The largest absolute Gasteiger partial charge is 0.486 e. The van der Waals surface area contributed by atoms with Gasteiger partial charge in [-0.05, 0) is 12.1 Å². The van der Waals surface area contributed by atoms with Gasteiger partial charge in [0.25, 0.3) is 0 Å². The maximum atomic E-state index is 11.4. The smallest absolute Gasteiger partial charge is 0.309 e. The third-order valence-corrected chi connectivity index (χ3v) is 2.66. The van der Waals surface area contributed by atoms with E-state index in [0.29, 0.717) is 18.1 Å². The van der Waals surface area contributed by atoms with Gasteiger partial charge in [0.1, 0.15) is 12.7 Å². The molecule has 0 spiro atoms. The van der Waals surface area contributed by atoms with Crippen LogP contribution in [0.15, 0.2) is 24.3 Å². The molecule has 1 aliphatic rings. The topological polar surface area (TPSA) is 96.9 Å². The van der Waals surface area contributed by atoms with Gasteiger partial charge >= 0.3 is 11.8 Å². The van der Waals surface area contributed by atoms with E-state index in [-0.39, 0.29) is 25.8 Å². The Bertz CT molecular complexity index is 491. The lowest BCUT2D eigenvalue weighted by Gasteiger charge is -2.26. The number of rotatable bonds is 4. The summed E-state index contributed by atoms with van der Waals surface area (Å²) >= 11 is 0. The van der Waals surface area contributed by atoms with Gasteiger partial charge in [0, 0.05) is 6.54 Å². The molecule has 2 rings (SSSR count). The van der Waals surface area contributed by atoms with Gasteiger partial charge in [-0.25, -0.2) is 0 Å². The lowest BCUT2D eigenvalue weighted by molar-refractivity contribution is -0.139.